The first-order valence-electron chi connectivity index (χ1n) is 4.93. The van der Waals surface area contributed by atoms with E-state index in [1.807, 2.05) is 13.8 Å². The molecule has 3 heteroatoms. The van der Waals surface area contributed by atoms with Gasteiger partial charge in [-0.1, -0.05) is 12.5 Å². The van der Waals surface area contributed by atoms with Gasteiger partial charge in [-0.25, -0.2) is 0 Å². The molecule has 1 rings (SSSR count). The van der Waals surface area contributed by atoms with Crippen molar-refractivity contribution in [3.63, 3.8) is 0 Å². The molecule has 2 unspecified atom stereocenters. The maximum Gasteiger partial charge on any atom is 0.303 e. The Bertz CT molecular complexity index is 278. The van der Waals surface area contributed by atoms with Crippen molar-refractivity contribution in [2.24, 2.45) is 11.8 Å². The van der Waals surface area contributed by atoms with Crippen molar-refractivity contribution in [1.82, 2.24) is 0 Å². The molecule has 1 N–H and O–H groups in total. The zero-order valence-electron chi connectivity index (χ0n) is 8.62. The monoisotopic (exact) mass is 196 g/mol. The third-order valence-corrected chi connectivity index (χ3v) is 2.85. The van der Waals surface area contributed by atoms with E-state index in [4.69, 9.17) is 5.11 Å². The van der Waals surface area contributed by atoms with Crippen molar-refractivity contribution >= 4 is 11.8 Å². The number of rotatable bonds is 3. The van der Waals surface area contributed by atoms with Gasteiger partial charge in [-0.3, -0.25) is 9.59 Å². The maximum atomic E-state index is 11.2. The lowest BCUT2D eigenvalue weighted by molar-refractivity contribution is -0.137. The minimum absolute atomic E-state index is 0.168. The maximum absolute atomic E-state index is 11.2. The van der Waals surface area contributed by atoms with Crippen molar-refractivity contribution in [1.29, 1.82) is 0 Å². The molecular weight excluding hydrogens is 180 g/mol. The van der Waals surface area contributed by atoms with Crippen LogP contribution in [-0.4, -0.2) is 16.9 Å². The van der Waals surface area contributed by atoms with Crippen LogP contribution in [0.25, 0.3) is 0 Å². The van der Waals surface area contributed by atoms with Crippen LogP contribution in [0, 0.1) is 11.8 Å². The average Bonchev–Trinajstić information content (AvgIpc) is 2.01. The lowest BCUT2D eigenvalue weighted by atomic mass is 9.77. The van der Waals surface area contributed by atoms with Crippen LogP contribution in [0.4, 0.5) is 0 Å². The van der Waals surface area contributed by atoms with E-state index in [2.05, 4.69) is 0 Å². The summed E-state index contributed by atoms with van der Waals surface area (Å²) in [5, 5.41) is 8.58. The van der Waals surface area contributed by atoms with Crippen LogP contribution in [0.5, 0.6) is 0 Å². The molecule has 0 saturated carbocycles. The Morgan fingerprint density at radius 3 is 2.79 bits per heavy atom. The number of hydrogen-bond acceptors (Lipinski definition) is 2. The highest BCUT2D eigenvalue weighted by atomic mass is 16.4. The number of carbonyl (C=O) groups excluding carboxylic acids is 1. The van der Waals surface area contributed by atoms with E-state index in [9.17, 15) is 9.59 Å². The Kier molecular flexibility index (Phi) is 3.44. The van der Waals surface area contributed by atoms with E-state index in [1.165, 1.54) is 0 Å². The van der Waals surface area contributed by atoms with Crippen molar-refractivity contribution in [3.8, 4) is 0 Å². The van der Waals surface area contributed by atoms with Gasteiger partial charge in [-0.2, -0.15) is 0 Å². The van der Waals surface area contributed by atoms with Crippen LogP contribution in [0.1, 0.15) is 33.1 Å². The third kappa shape index (κ3) is 2.69. The Morgan fingerprint density at radius 1 is 1.64 bits per heavy atom. The molecule has 0 aromatic rings. The predicted octanol–water partition coefficient (Wildman–Crippen LogP) is 2.02. The van der Waals surface area contributed by atoms with E-state index in [0.29, 0.717) is 12.8 Å². The van der Waals surface area contributed by atoms with E-state index in [0.717, 1.165) is 5.57 Å². The first-order valence-corrected chi connectivity index (χ1v) is 4.93. The number of carboxylic acid groups (broad SMARTS) is 1. The number of carbonyl (C=O) groups is 2. The van der Waals surface area contributed by atoms with Gasteiger partial charge in [-0.05, 0) is 31.3 Å². The molecule has 0 spiro atoms. The van der Waals surface area contributed by atoms with Crippen LogP contribution in [0.15, 0.2) is 11.6 Å². The summed E-state index contributed by atoms with van der Waals surface area (Å²) in [5.41, 5.74) is 1.04. The SMILES string of the molecule is CC1=CC(=O)CC(C)C1CCC(=O)O. The Labute approximate surface area is 83.8 Å². The van der Waals surface area contributed by atoms with E-state index in [-0.39, 0.29) is 24.0 Å². The molecule has 78 valence electrons. The summed E-state index contributed by atoms with van der Waals surface area (Å²) >= 11 is 0. The molecule has 14 heavy (non-hydrogen) atoms. The van der Waals surface area contributed by atoms with Crippen LogP contribution in [0.3, 0.4) is 0 Å². The average molecular weight is 196 g/mol. The van der Waals surface area contributed by atoms with Gasteiger partial charge in [0.25, 0.3) is 0 Å². The second-order valence-corrected chi connectivity index (χ2v) is 4.07. The summed E-state index contributed by atoms with van der Waals surface area (Å²) in [7, 11) is 0. The predicted molar refractivity (Wildman–Crippen MR) is 52.9 cm³/mol. The Hall–Kier alpha value is -1.12. The summed E-state index contributed by atoms with van der Waals surface area (Å²) in [6.07, 6.45) is 3.05. The third-order valence-electron chi connectivity index (χ3n) is 2.85. The lowest BCUT2D eigenvalue weighted by Crippen LogP contribution is -2.22. The zero-order valence-corrected chi connectivity index (χ0v) is 8.62. The highest BCUT2D eigenvalue weighted by molar-refractivity contribution is 5.91. The number of allylic oxidation sites excluding steroid dienone is 2. The first kappa shape index (κ1) is 11.0. The molecule has 0 amide bonds. The fourth-order valence-corrected chi connectivity index (χ4v) is 2.12. The molecule has 2 atom stereocenters. The molecule has 3 nitrogen and oxygen atoms in total. The molecule has 0 aliphatic heterocycles. The van der Waals surface area contributed by atoms with Gasteiger partial charge in [0.05, 0.1) is 0 Å². The van der Waals surface area contributed by atoms with Gasteiger partial charge in [0.2, 0.25) is 0 Å². The number of carboxylic acids is 1. The number of ketones is 1. The summed E-state index contributed by atoms with van der Waals surface area (Å²) < 4.78 is 0. The molecule has 0 radical (unpaired) electrons. The topological polar surface area (TPSA) is 54.4 Å². The van der Waals surface area contributed by atoms with Gasteiger partial charge < -0.3 is 5.11 Å². The molecular formula is C11H16O3. The highest BCUT2D eigenvalue weighted by Crippen LogP contribution is 2.31. The molecule has 0 heterocycles. The van der Waals surface area contributed by atoms with Gasteiger partial charge >= 0.3 is 5.97 Å². The normalized spacial score (nSPS) is 27.3. The summed E-state index contributed by atoms with van der Waals surface area (Å²) in [4.78, 5) is 21.6. The summed E-state index contributed by atoms with van der Waals surface area (Å²) in [6, 6.07) is 0. The van der Waals surface area contributed by atoms with E-state index < -0.39 is 5.97 Å². The molecule has 0 saturated heterocycles. The quantitative estimate of drug-likeness (QED) is 0.751. The second-order valence-electron chi connectivity index (χ2n) is 4.07. The van der Waals surface area contributed by atoms with Gasteiger partial charge in [0.1, 0.15) is 0 Å². The summed E-state index contributed by atoms with van der Waals surface area (Å²) in [6.45, 7) is 3.93. The Balaban J connectivity index is 2.62. The van der Waals surface area contributed by atoms with Crippen molar-refractivity contribution in [3.05, 3.63) is 11.6 Å². The van der Waals surface area contributed by atoms with Crippen LogP contribution in [0.2, 0.25) is 0 Å². The van der Waals surface area contributed by atoms with Crippen LogP contribution >= 0.6 is 0 Å². The minimum atomic E-state index is -0.762. The largest absolute Gasteiger partial charge is 0.481 e. The van der Waals surface area contributed by atoms with Crippen molar-refractivity contribution < 1.29 is 14.7 Å². The molecule has 0 bridgehead atoms. The number of hydrogen-bond donors (Lipinski definition) is 1. The van der Waals surface area contributed by atoms with Gasteiger partial charge in [0, 0.05) is 12.8 Å². The zero-order chi connectivity index (χ0) is 10.7. The van der Waals surface area contributed by atoms with Crippen molar-refractivity contribution in [2.75, 3.05) is 0 Å². The molecule has 0 fully saturated rings. The smallest absolute Gasteiger partial charge is 0.303 e. The van der Waals surface area contributed by atoms with Crippen LogP contribution < -0.4 is 0 Å². The molecule has 1 aliphatic carbocycles. The second kappa shape index (κ2) is 4.40. The number of aliphatic carboxylic acids is 1. The molecule has 0 aromatic carbocycles. The molecule has 0 aromatic heterocycles. The fraction of sp³-hybridized carbons (Fsp3) is 0.636. The summed E-state index contributed by atoms with van der Waals surface area (Å²) in [5.74, 6) is -0.0425. The highest BCUT2D eigenvalue weighted by Gasteiger charge is 2.25. The lowest BCUT2D eigenvalue weighted by Gasteiger charge is -2.27. The minimum Gasteiger partial charge on any atom is -0.481 e. The fourth-order valence-electron chi connectivity index (χ4n) is 2.12. The Morgan fingerprint density at radius 2 is 2.29 bits per heavy atom. The van der Waals surface area contributed by atoms with E-state index in [1.54, 1.807) is 6.08 Å². The van der Waals surface area contributed by atoms with Gasteiger partial charge in [0.15, 0.2) is 5.78 Å². The first-order chi connectivity index (χ1) is 6.50. The standard InChI is InChI=1S/C11H16O3/c1-7-5-9(12)6-8(2)10(7)3-4-11(13)14/h5,8,10H,3-4,6H2,1-2H3,(H,13,14). The van der Waals surface area contributed by atoms with Crippen LogP contribution in [-0.2, 0) is 9.59 Å². The van der Waals surface area contributed by atoms with Gasteiger partial charge in [-0.15, -0.1) is 0 Å². The molecule has 1 aliphatic rings. The van der Waals surface area contributed by atoms with E-state index >= 15 is 0 Å². The van der Waals surface area contributed by atoms with Crippen molar-refractivity contribution in [2.45, 2.75) is 33.1 Å².